The molecule has 0 saturated carbocycles. The van der Waals surface area contributed by atoms with Crippen LogP contribution in [-0.4, -0.2) is 45.4 Å². The molecule has 6 nitrogen and oxygen atoms in total. The van der Waals surface area contributed by atoms with E-state index in [4.69, 9.17) is 18.6 Å². The van der Waals surface area contributed by atoms with Gasteiger partial charge in [0.1, 0.15) is 39.6 Å². The molecule has 0 amide bonds. The second-order valence-electron chi connectivity index (χ2n) is 7.52. The number of fused-ring (bicyclic) bond motifs is 1. The Labute approximate surface area is 186 Å². The Hall–Kier alpha value is -3.11. The Balaban J connectivity index is 1.89. The Morgan fingerprint density at radius 1 is 1.06 bits per heavy atom. The van der Waals surface area contributed by atoms with E-state index in [0.717, 1.165) is 26.4 Å². The van der Waals surface area contributed by atoms with E-state index in [9.17, 15) is 22.4 Å². The molecule has 0 unspecified atom stereocenters. The smallest absolute Gasteiger partial charge is 0.423 e. The van der Waals surface area contributed by atoms with Crippen LogP contribution in [0.2, 0.25) is 0 Å². The maximum Gasteiger partial charge on any atom is 0.423 e. The summed E-state index contributed by atoms with van der Waals surface area (Å²) in [5.41, 5.74) is -1.03. The zero-order valence-electron chi connectivity index (χ0n) is 17.9. The minimum atomic E-state index is -4.82. The molecule has 0 radical (unpaired) electrons. The number of alkyl halides is 3. The summed E-state index contributed by atoms with van der Waals surface area (Å²) in [7, 11) is 2.12. The Morgan fingerprint density at radius 2 is 1.79 bits per heavy atom. The van der Waals surface area contributed by atoms with Crippen LogP contribution >= 0.6 is 0 Å². The Bertz CT molecular complexity index is 1230. The van der Waals surface area contributed by atoms with Crippen LogP contribution in [0.15, 0.2) is 39.5 Å². The highest BCUT2D eigenvalue weighted by Crippen LogP contribution is 2.46. The molecule has 3 aromatic rings. The first-order valence-electron chi connectivity index (χ1n) is 10.1. The van der Waals surface area contributed by atoms with Gasteiger partial charge < -0.3 is 18.6 Å². The van der Waals surface area contributed by atoms with Crippen LogP contribution < -0.4 is 14.9 Å². The molecule has 10 heteroatoms. The first kappa shape index (κ1) is 23.1. The number of methoxy groups -OCH3 is 2. The van der Waals surface area contributed by atoms with Gasteiger partial charge in [0.15, 0.2) is 5.43 Å². The van der Waals surface area contributed by atoms with Crippen LogP contribution in [0, 0.1) is 5.82 Å². The fourth-order valence-electron chi connectivity index (χ4n) is 3.97. The van der Waals surface area contributed by atoms with Gasteiger partial charge in [0, 0.05) is 37.3 Å². The van der Waals surface area contributed by atoms with E-state index in [2.05, 4.69) is 4.90 Å². The second kappa shape index (κ2) is 9.03. The molecule has 176 valence electrons. The summed E-state index contributed by atoms with van der Waals surface area (Å²) in [5, 5.41) is -0.355. The van der Waals surface area contributed by atoms with Crippen LogP contribution in [0.5, 0.6) is 11.5 Å². The minimum absolute atomic E-state index is 0.0969. The molecule has 0 spiro atoms. The molecule has 0 aliphatic carbocycles. The highest BCUT2D eigenvalue weighted by atomic mass is 19.4. The van der Waals surface area contributed by atoms with Gasteiger partial charge in [0.2, 0.25) is 0 Å². The van der Waals surface area contributed by atoms with Gasteiger partial charge in [-0.05, 0) is 23.8 Å². The van der Waals surface area contributed by atoms with Crippen molar-refractivity contribution in [1.29, 1.82) is 0 Å². The SMILES string of the molecule is COc1cc2oc(-c3ccc(F)cc3CN3CCOCC3)cc(=O)c2c(OC)c1C(F)(F)F. The van der Waals surface area contributed by atoms with E-state index in [0.29, 0.717) is 44.0 Å². The zero-order chi connectivity index (χ0) is 23.8. The maximum absolute atomic E-state index is 14.0. The molecule has 1 aliphatic heterocycles. The molecule has 0 N–H and O–H groups in total. The average Bonchev–Trinajstić information content (AvgIpc) is 2.77. The summed E-state index contributed by atoms with van der Waals surface area (Å²) >= 11 is 0. The number of morpholine rings is 1. The average molecular weight is 467 g/mol. The third kappa shape index (κ3) is 4.53. The van der Waals surface area contributed by atoms with Crippen molar-refractivity contribution >= 4 is 11.0 Å². The van der Waals surface area contributed by atoms with Crippen LogP contribution in [0.1, 0.15) is 11.1 Å². The van der Waals surface area contributed by atoms with Crippen molar-refractivity contribution in [3.8, 4) is 22.8 Å². The van der Waals surface area contributed by atoms with Gasteiger partial charge in [0.05, 0.1) is 27.4 Å². The van der Waals surface area contributed by atoms with Crippen molar-refractivity contribution in [2.45, 2.75) is 12.7 Å². The third-order valence-corrected chi connectivity index (χ3v) is 5.48. The number of halogens is 4. The number of hydrogen-bond acceptors (Lipinski definition) is 6. The highest BCUT2D eigenvalue weighted by molar-refractivity contribution is 5.89. The van der Waals surface area contributed by atoms with Gasteiger partial charge in [0.25, 0.3) is 0 Å². The molecule has 0 bridgehead atoms. The van der Waals surface area contributed by atoms with Crippen LogP contribution in [0.25, 0.3) is 22.3 Å². The molecule has 2 aromatic carbocycles. The van der Waals surface area contributed by atoms with Crippen LogP contribution in [0.3, 0.4) is 0 Å². The molecule has 4 rings (SSSR count). The summed E-state index contributed by atoms with van der Waals surface area (Å²) in [6.07, 6.45) is -4.82. The van der Waals surface area contributed by atoms with Crippen LogP contribution in [-0.2, 0) is 17.5 Å². The van der Waals surface area contributed by atoms with Crippen LogP contribution in [0.4, 0.5) is 17.6 Å². The van der Waals surface area contributed by atoms with Crippen molar-refractivity contribution in [1.82, 2.24) is 4.90 Å². The number of nitrogens with zero attached hydrogens (tertiary/aromatic N) is 1. The standard InChI is InChI=1S/C23H21F4NO5/c1-30-19-11-18-20(22(31-2)21(19)23(25,26)27)16(29)10-17(33-18)15-4-3-14(24)9-13(15)12-28-5-7-32-8-6-28/h3-4,9-11H,5-8,12H2,1-2H3. The van der Waals surface area contributed by atoms with Gasteiger partial charge >= 0.3 is 6.18 Å². The van der Waals surface area contributed by atoms with Gasteiger partial charge in [-0.1, -0.05) is 0 Å². The predicted octanol–water partition coefficient (Wildman–Crippen LogP) is 4.47. The topological polar surface area (TPSA) is 61.1 Å². The molecular weight excluding hydrogens is 446 g/mol. The predicted molar refractivity (Wildman–Crippen MR) is 112 cm³/mol. The van der Waals surface area contributed by atoms with E-state index in [-0.39, 0.29) is 16.7 Å². The van der Waals surface area contributed by atoms with E-state index in [1.54, 1.807) is 0 Å². The monoisotopic (exact) mass is 467 g/mol. The molecule has 33 heavy (non-hydrogen) atoms. The summed E-state index contributed by atoms with van der Waals surface area (Å²) < 4.78 is 76.1. The first-order chi connectivity index (χ1) is 15.7. The van der Waals surface area contributed by atoms with Gasteiger partial charge in [-0.3, -0.25) is 9.69 Å². The van der Waals surface area contributed by atoms with Gasteiger partial charge in [-0.2, -0.15) is 13.2 Å². The van der Waals surface area contributed by atoms with Crippen molar-refractivity contribution in [3.63, 3.8) is 0 Å². The summed E-state index contributed by atoms with van der Waals surface area (Å²) in [6, 6.07) is 6.16. The number of hydrogen-bond donors (Lipinski definition) is 0. The Morgan fingerprint density at radius 3 is 2.42 bits per heavy atom. The summed E-state index contributed by atoms with van der Waals surface area (Å²) in [6.45, 7) is 2.81. The van der Waals surface area contributed by atoms with E-state index < -0.39 is 34.5 Å². The number of benzene rings is 2. The lowest BCUT2D eigenvalue weighted by Crippen LogP contribution is -2.35. The fourth-order valence-corrected chi connectivity index (χ4v) is 3.97. The van der Waals surface area contributed by atoms with Crippen molar-refractivity contribution in [3.05, 3.63) is 57.5 Å². The van der Waals surface area contributed by atoms with Crippen molar-refractivity contribution in [2.24, 2.45) is 0 Å². The zero-order valence-corrected chi connectivity index (χ0v) is 17.9. The molecule has 0 atom stereocenters. The maximum atomic E-state index is 14.0. The summed E-state index contributed by atoms with van der Waals surface area (Å²) in [5.74, 6) is -1.58. The molecular formula is C23H21F4NO5. The highest BCUT2D eigenvalue weighted by Gasteiger charge is 2.40. The minimum Gasteiger partial charge on any atom is -0.496 e. The van der Waals surface area contributed by atoms with Crippen molar-refractivity contribution in [2.75, 3.05) is 40.5 Å². The van der Waals surface area contributed by atoms with E-state index in [1.165, 1.54) is 18.2 Å². The lowest BCUT2D eigenvalue weighted by Gasteiger charge is -2.27. The molecule has 1 saturated heterocycles. The summed E-state index contributed by atoms with van der Waals surface area (Å²) in [4.78, 5) is 15.0. The lowest BCUT2D eigenvalue weighted by atomic mass is 10.0. The number of ether oxygens (including phenoxy) is 3. The first-order valence-corrected chi connectivity index (χ1v) is 10.1. The van der Waals surface area contributed by atoms with E-state index >= 15 is 0 Å². The quantitative estimate of drug-likeness (QED) is 0.517. The Kier molecular flexibility index (Phi) is 6.31. The molecule has 1 fully saturated rings. The molecule has 1 aromatic heterocycles. The van der Waals surface area contributed by atoms with E-state index in [1.807, 2.05) is 0 Å². The van der Waals surface area contributed by atoms with Gasteiger partial charge in [-0.25, -0.2) is 4.39 Å². The molecule has 1 aliphatic rings. The molecule has 2 heterocycles. The van der Waals surface area contributed by atoms with Crippen molar-refractivity contribution < 1.29 is 36.2 Å². The largest absolute Gasteiger partial charge is 0.496 e. The van der Waals surface area contributed by atoms with Gasteiger partial charge in [-0.15, -0.1) is 0 Å². The normalized spacial score (nSPS) is 15.1. The number of rotatable bonds is 5. The lowest BCUT2D eigenvalue weighted by molar-refractivity contribution is -0.139. The fraction of sp³-hybridized carbons (Fsp3) is 0.348. The second-order valence-corrected chi connectivity index (χ2v) is 7.52. The third-order valence-electron chi connectivity index (χ3n) is 5.48.